The first-order valence-corrected chi connectivity index (χ1v) is 6.85. The van der Waals surface area contributed by atoms with E-state index in [0.717, 1.165) is 45.7 Å². The Bertz CT molecular complexity index is 448. The van der Waals surface area contributed by atoms with Crippen LogP contribution in [0, 0.1) is 5.82 Å². The highest BCUT2D eigenvalue weighted by Crippen LogP contribution is 2.33. The van der Waals surface area contributed by atoms with Crippen LogP contribution in [0.25, 0.3) is 0 Å². The van der Waals surface area contributed by atoms with Gasteiger partial charge in [0.1, 0.15) is 0 Å². The second-order valence-corrected chi connectivity index (χ2v) is 5.51. The van der Waals surface area contributed by atoms with E-state index >= 15 is 0 Å². The van der Waals surface area contributed by atoms with Gasteiger partial charge < -0.3 is 9.64 Å². The maximum absolute atomic E-state index is 13.9. The molecule has 4 nitrogen and oxygen atoms in total. The van der Waals surface area contributed by atoms with E-state index in [0.29, 0.717) is 5.69 Å². The Labute approximate surface area is 113 Å². The summed E-state index contributed by atoms with van der Waals surface area (Å²) < 4.78 is 19.4. The highest BCUT2D eigenvalue weighted by Gasteiger charge is 2.41. The zero-order valence-corrected chi connectivity index (χ0v) is 11.3. The van der Waals surface area contributed by atoms with Crippen LogP contribution in [-0.4, -0.2) is 55.3 Å². The summed E-state index contributed by atoms with van der Waals surface area (Å²) in [6, 6.07) is 1.77. The molecule has 2 aliphatic rings. The van der Waals surface area contributed by atoms with E-state index in [4.69, 9.17) is 4.74 Å². The van der Waals surface area contributed by atoms with Crippen molar-refractivity contribution < 1.29 is 9.13 Å². The summed E-state index contributed by atoms with van der Waals surface area (Å²) in [5.41, 5.74) is 0.806. The molecule has 2 saturated heterocycles. The Morgan fingerprint density at radius 2 is 2.11 bits per heavy atom. The van der Waals surface area contributed by atoms with Gasteiger partial charge in [-0.05, 0) is 26.0 Å². The minimum absolute atomic E-state index is 0.131. The van der Waals surface area contributed by atoms with Crippen molar-refractivity contribution in [3.05, 3.63) is 24.3 Å². The normalized spacial score (nSPS) is 23.8. The molecule has 0 saturated carbocycles. The van der Waals surface area contributed by atoms with Gasteiger partial charge in [-0.3, -0.25) is 9.88 Å². The average Bonchev–Trinajstić information content (AvgIpc) is 2.44. The van der Waals surface area contributed by atoms with Gasteiger partial charge in [-0.25, -0.2) is 4.39 Å². The predicted molar refractivity (Wildman–Crippen MR) is 71.8 cm³/mol. The Morgan fingerprint density at radius 1 is 1.32 bits per heavy atom. The number of halogens is 1. The second-order valence-electron chi connectivity index (χ2n) is 5.51. The van der Waals surface area contributed by atoms with Crippen molar-refractivity contribution in [1.29, 1.82) is 0 Å². The Balaban J connectivity index is 1.84. The van der Waals surface area contributed by atoms with Gasteiger partial charge in [0.2, 0.25) is 0 Å². The molecule has 0 aromatic carbocycles. The smallest absolute Gasteiger partial charge is 0.164 e. The van der Waals surface area contributed by atoms with Crippen LogP contribution in [0.15, 0.2) is 18.5 Å². The van der Waals surface area contributed by atoms with E-state index < -0.39 is 0 Å². The lowest BCUT2D eigenvalue weighted by Gasteiger charge is -2.51. The van der Waals surface area contributed by atoms with Gasteiger partial charge in [-0.2, -0.15) is 0 Å². The fourth-order valence-corrected chi connectivity index (χ4v) is 3.18. The molecule has 5 heteroatoms. The van der Waals surface area contributed by atoms with E-state index in [1.54, 1.807) is 12.3 Å². The van der Waals surface area contributed by atoms with E-state index in [1.807, 2.05) is 0 Å². The lowest BCUT2D eigenvalue weighted by Crippen LogP contribution is -2.63. The zero-order valence-electron chi connectivity index (χ0n) is 11.3. The third-order valence-corrected chi connectivity index (χ3v) is 4.52. The fourth-order valence-electron chi connectivity index (χ4n) is 3.18. The molecule has 104 valence electrons. The molecule has 1 aromatic rings. The molecule has 0 atom stereocenters. The van der Waals surface area contributed by atoms with Crippen LogP contribution in [-0.2, 0) is 4.74 Å². The summed E-state index contributed by atoms with van der Waals surface area (Å²) in [5.74, 6) is -0.228. The molecule has 2 aliphatic heterocycles. The van der Waals surface area contributed by atoms with Crippen LogP contribution < -0.4 is 4.90 Å². The number of piperazine rings is 1. The highest BCUT2D eigenvalue weighted by molar-refractivity contribution is 5.47. The maximum atomic E-state index is 13.9. The molecule has 3 heterocycles. The van der Waals surface area contributed by atoms with Crippen molar-refractivity contribution in [1.82, 2.24) is 9.88 Å². The summed E-state index contributed by atoms with van der Waals surface area (Å²) in [6.07, 6.45) is 5.00. The van der Waals surface area contributed by atoms with Gasteiger partial charge in [-0.15, -0.1) is 0 Å². The molecule has 2 fully saturated rings. The van der Waals surface area contributed by atoms with E-state index in [2.05, 4.69) is 21.8 Å². The van der Waals surface area contributed by atoms with Crippen molar-refractivity contribution >= 4 is 5.69 Å². The summed E-state index contributed by atoms with van der Waals surface area (Å²) in [4.78, 5) is 8.40. The largest absolute Gasteiger partial charge is 0.381 e. The second kappa shape index (κ2) is 5.06. The molecule has 1 spiro atoms. The Kier molecular flexibility index (Phi) is 3.41. The maximum Gasteiger partial charge on any atom is 0.164 e. The predicted octanol–water partition coefficient (Wildman–Crippen LogP) is 1.52. The number of nitrogens with zero attached hydrogens (tertiary/aromatic N) is 3. The number of rotatable bonds is 1. The Morgan fingerprint density at radius 3 is 2.84 bits per heavy atom. The summed E-state index contributed by atoms with van der Waals surface area (Å²) in [7, 11) is 2.17. The molecule has 0 unspecified atom stereocenters. The Hall–Kier alpha value is -1.20. The minimum Gasteiger partial charge on any atom is -0.381 e. The first-order valence-electron chi connectivity index (χ1n) is 6.85. The van der Waals surface area contributed by atoms with Gasteiger partial charge in [0.15, 0.2) is 5.82 Å². The standard InChI is InChI=1S/C14H20FN3O/c1-17-6-7-18(13-2-5-16-10-12(13)15)11-14(17)3-8-19-9-4-14/h2,5,10H,3-4,6-9,11H2,1H3. The average molecular weight is 265 g/mol. The number of hydrogen-bond acceptors (Lipinski definition) is 4. The highest BCUT2D eigenvalue weighted by atomic mass is 19.1. The summed E-state index contributed by atoms with van der Waals surface area (Å²) >= 11 is 0. The van der Waals surface area contributed by atoms with E-state index in [9.17, 15) is 4.39 Å². The number of anilines is 1. The number of pyridine rings is 1. The summed E-state index contributed by atoms with van der Waals surface area (Å²) in [6.45, 7) is 4.30. The van der Waals surface area contributed by atoms with E-state index in [1.165, 1.54) is 6.20 Å². The third kappa shape index (κ3) is 2.32. The molecule has 0 radical (unpaired) electrons. The molecule has 0 aliphatic carbocycles. The van der Waals surface area contributed by atoms with Crippen molar-refractivity contribution in [2.45, 2.75) is 18.4 Å². The molecule has 19 heavy (non-hydrogen) atoms. The fraction of sp³-hybridized carbons (Fsp3) is 0.643. The zero-order chi connectivity index (χ0) is 13.3. The van der Waals surface area contributed by atoms with Crippen LogP contribution >= 0.6 is 0 Å². The number of aromatic nitrogens is 1. The van der Waals surface area contributed by atoms with Crippen LogP contribution in [0.3, 0.4) is 0 Å². The van der Waals surface area contributed by atoms with Crippen LogP contribution in [0.4, 0.5) is 10.1 Å². The lowest BCUT2D eigenvalue weighted by molar-refractivity contribution is -0.0221. The number of hydrogen-bond donors (Lipinski definition) is 0. The first-order chi connectivity index (χ1) is 9.21. The van der Waals surface area contributed by atoms with E-state index in [-0.39, 0.29) is 11.4 Å². The van der Waals surface area contributed by atoms with Gasteiger partial charge in [0.25, 0.3) is 0 Å². The molecule has 0 N–H and O–H groups in total. The van der Waals surface area contributed by atoms with Crippen LogP contribution in [0.1, 0.15) is 12.8 Å². The SMILES string of the molecule is CN1CCN(c2ccncc2F)CC12CCOCC2. The lowest BCUT2D eigenvalue weighted by atomic mass is 9.86. The molecular formula is C14H20FN3O. The molecule has 3 rings (SSSR count). The minimum atomic E-state index is -0.228. The monoisotopic (exact) mass is 265 g/mol. The molecular weight excluding hydrogens is 245 g/mol. The van der Waals surface area contributed by atoms with Crippen LogP contribution in [0.2, 0.25) is 0 Å². The molecule has 1 aromatic heterocycles. The quantitative estimate of drug-likeness (QED) is 0.770. The van der Waals surface area contributed by atoms with Gasteiger partial charge in [-0.1, -0.05) is 0 Å². The van der Waals surface area contributed by atoms with Crippen molar-refractivity contribution in [3.63, 3.8) is 0 Å². The number of likely N-dealkylation sites (N-methyl/N-ethyl adjacent to an activating group) is 1. The third-order valence-electron chi connectivity index (χ3n) is 4.52. The molecule has 0 amide bonds. The first kappa shape index (κ1) is 12.8. The number of ether oxygens (including phenoxy) is 1. The van der Waals surface area contributed by atoms with Crippen molar-refractivity contribution in [2.24, 2.45) is 0 Å². The van der Waals surface area contributed by atoms with Crippen molar-refractivity contribution in [2.75, 3.05) is 44.8 Å². The van der Waals surface area contributed by atoms with Gasteiger partial charge >= 0.3 is 0 Å². The summed E-state index contributed by atoms with van der Waals surface area (Å²) in [5, 5.41) is 0. The van der Waals surface area contributed by atoms with Crippen LogP contribution in [0.5, 0.6) is 0 Å². The van der Waals surface area contributed by atoms with Crippen molar-refractivity contribution in [3.8, 4) is 0 Å². The topological polar surface area (TPSA) is 28.6 Å². The van der Waals surface area contributed by atoms with Gasteiger partial charge in [0, 0.05) is 44.6 Å². The molecule has 0 bridgehead atoms. The van der Waals surface area contributed by atoms with Gasteiger partial charge in [0.05, 0.1) is 11.9 Å².